The Kier molecular flexibility index (Phi) is 6.80. The van der Waals surface area contributed by atoms with Gasteiger partial charge in [-0.25, -0.2) is 4.98 Å². The monoisotopic (exact) mass is 479 g/mol. The lowest BCUT2D eigenvalue weighted by Gasteiger charge is -2.33. The van der Waals surface area contributed by atoms with Crippen LogP contribution in [0.5, 0.6) is 0 Å². The summed E-state index contributed by atoms with van der Waals surface area (Å²) in [6.45, 7) is 5.54. The number of aromatic nitrogens is 1. The Labute approximate surface area is 192 Å². The van der Waals surface area contributed by atoms with Gasteiger partial charge in [0.05, 0.1) is 10.2 Å². The van der Waals surface area contributed by atoms with Crippen molar-refractivity contribution in [3.8, 4) is 0 Å². The lowest BCUT2D eigenvalue weighted by atomic mass is 9.97. The smallest absolute Gasteiger partial charge is 0.281 e. The van der Waals surface area contributed by atoms with Gasteiger partial charge in [0.15, 0.2) is 5.13 Å². The van der Waals surface area contributed by atoms with Crippen LogP contribution in [0.4, 0.5) is 10.8 Å². The van der Waals surface area contributed by atoms with Crippen LogP contribution >= 0.6 is 11.3 Å². The molecule has 1 aromatic heterocycles. The summed E-state index contributed by atoms with van der Waals surface area (Å²) in [7, 11) is -3.41. The van der Waals surface area contributed by atoms with E-state index in [4.69, 9.17) is 0 Å². The number of benzene rings is 1. The van der Waals surface area contributed by atoms with Crippen molar-refractivity contribution in [2.24, 2.45) is 11.8 Å². The molecule has 0 unspecified atom stereocenters. The Morgan fingerprint density at radius 3 is 2.38 bits per heavy atom. The molecule has 2 amide bonds. The van der Waals surface area contributed by atoms with Crippen molar-refractivity contribution in [1.82, 2.24) is 13.6 Å². The molecule has 32 heavy (non-hydrogen) atoms. The summed E-state index contributed by atoms with van der Waals surface area (Å²) < 4.78 is 29.4. The minimum atomic E-state index is -3.41. The topological polar surface area (TPSA) is 112 Å². The highest BCUT2D eigenvalue weighted by molar-refractivity contribution is 7.86. The van der Waals surface area contributed by atoms with Crippen molar-refractivity contribution >= 4 is 54.4 Å². The largest absolute Gasteiger partial charge is 0.326 e. The van der Waals surface area contributed by atoms with E-state index >= 15 is 0 Å². The minimum Gasteiger partial charge on any atom is -0.326 e. The molecular formula is C21H29N5O4S2. The molecule has 0 aliphatic carbocycles. The highest BCUT2D eigenvalue weighted by Crippen LogP contribution is 2.29. The summed E-state index contributed by atoms with van der Waals surface area (Å²) in [5.74, 6) is -0.553. The molecule has 2 saturated heterocycles. The van der Waals surface area contributed by atoms with Gasteiger partial charge in [-0.1, -0.05) is 25.2 Å². The van der Waals surface area contributed by atoms with Gasteiger partial charge >= 0.3 is 0 Å². The third-order valence-corrected chi connectivity index (χ3v) is 8.94. The van der Waals surface area contributed by atoms with E-state index in [9.17, 15) is 18.0 Å². The number of carbonyl (C=O) groups is 2. The molecule has 0 radical (unpaired) electrons. The number of nitrogens with zero attached hydrogens (tertiary/aromatic N) is 3. The third kappa shape index (κ3) is 4.95. The Hall–Kier alpha value is -2.08. The number of hydrogen-bond donors (Lipinski definition) is 2. The molecule has 4 rings (SSSR count). The fraction of sp³-hybridized carbons (Fsp3) is 0.571. The highest BCUT2D eigenvalue weighted by atomic mass is 32.2. The second kappa shape index (κ2) is 9.42. The molecule has 0 spiro atoms. The van der Waals surface area contributed by atoms with E-state index in [1.54, 1.807) is 10.4 Å². The number of amides is 2. The van der Waals surface area contributed by atoms with Crippen LogP contribution in [0.15, 0.2) is 18.2 Å². The van der Waals surface area contributed by atoms with Crippen LogP contribution < -0.4 is 10.6 Å². The number of piperidine rings is 1. The number of carbonyl (C=O) groups excluding carboxylic acids is 2. The zero-order valence-corrected chi connectivity index (χ0v) is 20.0. The standard InChI is InChI=1S/C21H29N5O4S2/c1-14(2)19(27)24-21-23-17-13-16(5-6-18(17)31-21)22-20(28)15-7-11-26(12-8-15)32(29,30)25-9-3-4-10-25/h5-6,13-15H,3-4,7-12H2,1-2H3,(H,22,28)(H,23,24,27). The molecule has 3 heterocycles. The van der Waals surface area contributed by atoms with Gasteiger partial charge in [0.2, 0.25) is 11.8 Å². The van der Waals surface area contributed by atoms with Crippen LogP contribution in [0.1, 0.15) is 39.5 Å². The lowest BCUT2D eigenvalue weighted by molar-refractivity contribution is -0.121. The van der Waals surface area contributed by atoms with Crippen molar-refractivity contribution in [3.05, 3.63) is 18.2 Å². The molecule has 0 atom stereocenters. The third-order valence-electron chi connectivity index (χ3n) is 5.95. The fourth-order valence-electron chi connectivity index (χ4n) is 3.98. The lowest BCUT2D eigenvalue weighted by Crippen LogP contribution is -2.47. The number of nitrogens with one attached hydrogen (secondary N) is 2. The maximum Gasteiger partial charge on any atom is 0.281 e. The zero-order valence-electron chi connectivity index (χ0n) is 18.3. The Bertz CT molecular complexity index is 1100. The highest BCUT2D eigenvalue weighted by Gasteiger charge is 2.35. The Morgan fingerprint density at radius 1 is 1.06 bits per heavy atom. The van der Waals surface area contributed by atoms with Gasteiger partial charge in [-0.05, 0) is 43.9 Å². The summed E-state index contributed by atoms with van der Waals surface area (Å²) in [5.41, 5.74) is 1.35. The maximum atomic E-state index is 12.8. The van der Waals surface area contributed by atoms with Crippen molar-refractivity contribution < 1.29 is 18.0 Å². The molecule has 2 aromatic rings. The Balaban J connectivity index is 1.35. The van der Waals surface area contributed by atoms with Crippen LogP contribution in [0.25, 0.3) is 10.2 Å². The van der Waals surface area contributed by atoms with E-state index in [1.165, 1.54) is 15.6 Å². The first-order valence-corrected chi connectivity index (χ1v) is 13.2. The molecule has 174 valence electrons. The zero-order chi connectivity index (χ0) is 22.9. The molecule has 11 heteroatoms. The van der Waals surface area contributed by atoms with Crippen molar-refractivity contribution in [3.63, 3.8) is 0 Å². The van der Waals surface area contributed by atoms with Crippen LogP contribution in [0.3, 0.4) is 0 Å². The van der Waals surface area contributed by atoms with E-state index in [1.807, 2.05) is 26.0 Å². The predicted octanol–water partition coefficient (Wildman–Crippen LogP) is 2.88. The summed E-state index contributed by atoms with van der Waals surface area (Å²) in [5, 5.41) is 6.28. The van der Waals surface area contributed by atoms with E-state index in [-0.39, 0.29) is 23.7 Å². The number of thiazole rings is 1. The summed E-state index contributed by atoms with van der Waals surface area (Å²) in [4.78, 5) is 29.1. The quantitative estimate of drug-likeness (QED) is 0.662. The van der Waals surface area contributed by atoms with E-state index in [0.29, 0.717) is 55.4 Å². The normalized spacial score (nSPS) is 19.0. The number of anilines is 2. The maximum absolute atomic E-state index is 12.8. The van der Waals surface area contributed by atoms with Gasteiger partial charge in [0.25, 0.3) is 10.2 Å². The first-order chi connectivity index (χ1) is 15.2. The van der Waals surface area contributed by atoms with E-state index in [0.717, 1.165) is 17.5 Å². The van der Waals surface area contributed by atoms with Gasteiger partial charge in [0.1, 0.15) is 0 Å². The van der Waals surface area contributed by atoms with Gasteiger partial charge in [-0.2, -0.15) is 17.0 Å². The van der Waals surface area contributed by atoms with E-state index in [2.05, 4.69) is 15.6 Å². The molecule has 2 N–H and O–H groups in total. The number of rotatable bonds is 6. The number of hydrogen-bond acceptors (Lipinski definition) is 6. The van der Waals surface area contributed by atoms with Crippen LogP contribution in [0, 0.1) is 11.8 Å². The molecule has 2 aliphatic heterocycles. The van der Waals surface area contributed by atoms with Gasteiger partial charge in [-0.15, -0.1) is 0 Å². The molecule has 9 nitrogen and oxygen atoms in total. The van der Waals surface area contributed by atoms with Crippen molar-refractivity contribution in [2.45, 2.75) is 39.5 Å². The molecule has 0 saturated carbocycles. The van der Waals surface area contributed by atoms with Crippen LogP contribution in [-0.4, -0.2) is 60.0 Å². The van der Waals surface area contributed by atoms with Crippen molar-refractivity contribution in [1.29, 1.82) is 0 Å². The first-order valence-electron chi connectivity index (χ1n) is 11.0. The molecule has 2 aliphatic rings. The van der Waals surface area contributed by atoms with Gasteiger partial charge in [0, 0.05) is 43.7 Å². The van der Waals surface area contributed by atoms with E-state index < -0.39 is 10.2 Å². The SMILES string of the molecule is CC(C)C(=O)Nc1nc2cc(NC(=O)C3CCN(S(=O)(=O)N4CCCC4)CC3)ccc2s1. The Morgan fingerprint density at radius 2 is 1.72 bits per heavy atom. The first kappa shape index (κ1) is 23.1. The summed E-state index contributed by atoms with van der Waals surface area (Å²) in [6.07, 6.45) is 2.83. The second-order valence-electron chi connectivity index (χ2n) is 8.62. The van der Waals surface area contributed by atoms with Gasteiger partial charge < -0.3 is 10.6 Å². The number of fused-ring (bicyclic) bond motifs is 1. The fourth-order valence-corrected chi connectivity index (χ4v) is 6.55. The molecule has 0 bridgehead atoms. The molecule has 1 aromatic carbocycles. The summed E-state index contributed by atoms with van der Waals surface area (Å²) >= 11 is 1.39. The second-order valence-corrected chi connectivity index (χ2v) is 11.6. The van der Waals surface area contributed by atoms with Crippen molar-refractivity contribution in [2.75, 3.05) is 36.8 Å². The predicted molar refractivity (Wildman–Crippen MR) is 126 cm³/mol. The van der Waals surface area contributed by atoms with Gasteiger partial charge in [-0.3, -0.25) is 9.59 Å². The molecule has 2 fully saturated rings. The van der Waals surface area contributed by atoms with Crippen LogP contribution in [0.2, 0.25) is 0 Å². The average Bonchev–Trinajstić information content (AvgIpc) is 3.43. The summed E-state index contributed by atoms with van der Waals surface area (Å²) in [6, 6.07) is 5.49. The molecular weight excluding hydrogens is 450 g/mol. The minimum absolute atomic E-state index is 0.0873. The average molecular weight is 480 g/mol. The van der Waals surface area contributed by atoms with Crippen LogP contribution in [-0.2, 0) is 19.8 Å².